The zero-order valence-corrected chi connectivity index (χ0v) is 12.9. The van der Waals surface area contributed by atoms with Crippen LogP contribution in [0.4, 0.5) is 11.4 Å². The van der Waals surface area contributed by atoms with Crippen LogP contribution in [0.1, 0.15) is 5.56 Å². The molecule has 0 aliphatic rings. The van der Waals surface area contributed by atoms with E-state index in [2.05, 4.69) is 42.2 Å². The molecular weight excluding hydrogens is 367 g/mol. The largest absolute Gasteiger partial charge is 0.353 e. The second-order valence-electron chi connectivity index (χ2n) is 3.60. The summed E-state index contributed by atoms with van der Waals surface area (Å²) in [5.74, 6) is 0. The van der Waals surface area contributed by atoms with Crippen LogP contribution >= 0.6 is 43.5 Å². The molecule has 1 aromatic carbocycles. The molecule has 2 nitrogen and oxygen atoms in total. The first-order valence-electron chi connectivity index (χ1n) is 4.89. The van der Waals surface area contributed by atoms with Gasteiger partial charge in [-0.05, 0) is 62.5 Å². The number of halogens is 3. The summed E-state index contributed by atoms with van der Waals surface area (Å²) in [6.07, 6.45) is 3.49. The minimum absolute atomic E-state index is 0.735. The van der Waals surface area contributed by atoms with Gasteiger partial charge in [0.1, 0.15) is 0 Å². The van der Waals surface area contributed by atoms with Crippen molar-refractivity contribution >= 4 is 54.8 Å². The van der Waals surface area contributed by atoms with E-state index in [-0.39, 0.29) is 0 Å². The number of aromatic nitrogens is 1. The lowest BCUT2D eigenvalue weighted by Gasteiger charge is -2.10. The van der Waals surface area contributed by atoms with Crippen molar-refractivity contribution in [2.75, 3.05) is 5.32 Å². The van der Waals surface area contributed by atoms with E-state index in [9.17, 15) is 0 Å². The summed E-state index contributed by atoms with van der Waals surface area (Å²) < 4.78 is 1.90. The maximum absolute atomic E-state index is 6.10. The smallest absolute Gasteiger partial charge is 0.0582 e. The lowest BCUT2D eigenvalue weighted by molar-refractivity contribution is 1.30. The standard InChI is InChI=1S/C12H9Br2ClN2/c1-7-2-10(14)12(4-11(7)15)17-9-3-8(13)5-16-6-9/h2-6,17H,1H3. The fourth-order valence-electron chi connectivity index (χ4n) is 1.38. The molecule has 0 bridgehead atoms. The first-order valence-corrected chi connectivity index (χ1v) is 6.86. The van der Waals surface area contributed by atoms with Crippen LogP contribution in [0.25, 0.3) is 0 Å². The molecule has 2 aromatic rings. The van der Waals surface area contributed by atoms with E-state index < -0.39 is 0 Å². The van der Waals surface area contributed by atoms with Crippen LogP contribution in [0.3, 0.4) is 0 Å². The molecule has 1 aromatic heterocycles. The van der Waals surface area contributed by atoms with Gasteiger partial charge in [-0.2, -0.15) is 0 Å². The highest BCUT2D eigenvalue weighted by atomic mass is 79.9. The van der Waals surface area contributed by atoms with Gasteiger partial charge in [-0.25, -0.2) is 0 Å². The molecule has 0 aliphatic carbocycles. The zero-order valence-electron chi connectivity index (χ0n) is 8.97. The normalized spacial score (nSPS) is 10.4. The van der Waals surface area contributed by atoms with Gasteiger partial charge in [0.25, 0.3) is 0 Å². The average Bonchev–Trinajstić information content (AvgIpc) is 2.26. The molecule has 5 heteroatoms. The maximum Gasteiger partial charge on any atom is 0.0582 e. The quantitative estimate of drug-likeness (QED) is 0.768. The highest BCUT2D eigenvalue weighted by molar-refractivity contribution is 9.10. The van der Waals surface area contributed by atoms with Crippen molar-refractivity contribution in [1.29, 1.82) is 0 Å². The van der Waals surface area contributed by atoms with E-state index in [1.807, 2.05) is 25.1 Å². The summed E-state index contributed by atoms with van der Waals surface area (Å²) in [6.45, 7) is 1.97. The highest BCUT2D eigenvalue weighted by Gasteiger charge is 2.05. The molecule has 0 fully saturated rings. The molecule has 0 atom stereocenters. The molecular formula is C12H9Br2ClN2. The number of aryl methyl sites for hydroxylation is 1. The summed E-state index contributed by atoms with van der Waals surface area (Å²) in [5, 5.41) is 3.99. The van der Waals surface area contributed by atoms with E-state index in [1.165, 1.54) is 0 Å². The van der Waals surface area contributed by atoms with Crippen LogP contribution in [0, 0.1) is 6.92 Å². The number of nitrogens with zero attached hydrogens (tertiary/aromatic N) is 1. The first kappa shape index (κ1) is 12.9. The fraction of sp³-hybridized carbons (Fsp3) is 0.0833. The number of hydrogen-bond donors (Lipinski definition) is 1. The molecule has 0 amide bonds. The Kier molecular flexibility index (Phi) is 4.07. The maximum atomic E-state index is 6.10. The van der Waals surface area contributed by atoms with E-state index in [1.54, 1.807) is 12.4 Å². The molecule has 88 valence electrons. The monoisotopic (exact) mass is 374 g/mol. The van der Waals surface area contributed by atoms with Gasteiger partial charge in [0, 0.05) is 20.2 Å². The topological polar surface area (TPSA) is 24.9 Å². The predicted molar refractivity (Wildman–Crippen MR) is 79.1 cm³/mol. The molecule has 0 unspecified atom stereocenters. The molecule has 0 saturated heterocycles. The lowest BCUT2D eigenvalue weighted by Crippen LogP contribution is -1.93. The Labute approximate surface area is 122 Å². The van der Waals surface area contributed by atoms with Gasteiger partial charge >= 0.3 is 0 Å². The summed E-state index contributed by atoms with van der Waals surface area (Å²) in [6, 6.07) is 5.82. The molecule has 0 aliphatic heterocycles. The van der Waals surface area contributed by atoms with E-state index in [4.69, 9.17) is 11.6 Å². The van der Waals surface area contributed by atoms with Crippen molar-refractivity contribution in [3.05, 3.63) is 50.1 Å². The van der Waals surface area contributed by atoms with Crippen LogP contribution in [0.15, 0.2) is 39.5 Å². The van der Waals surface area contributed by atoms with Gasteiger partial charge in [0.15, 0.2) is 0 Å². The Bertz CT molecular complexity index is 558. The minimum atomic E-state index is 0.735. The first-order chi connectivity index (χ1) is 8.06. The molecule has 17 heavy (non-hydrogen) atoms. The van der Waals surface area contributed by atoms with Gasteiger partial charge in [0.05, 0.1) is 17.6 Å². The van der Waals surface area contributed by atoms with Crippen LogP contribution in [-0.4, -0.2) is 4.98 Å². The third kappa shape index (κ3) is 3.21. The van der Waals surface area contributed by atoms with Gasteiger partial charge in [-0.3, -0.25) is 4.98 Å². The molecule has 1 N–H and O–H groups in total. The van der Waals surface area contributed by atoms with E-state index in [0.29, 0.717) is 0 Å². The van der Waals surface area contributed by atoms with Crippen molar-refractivity contribution in [2.45, 2.75) is 6.92 Å². The van der Waals surface area contributed by atoms with Crippen molar-refractivity contribution in [3.63, 3.8) is 0 Å². The molecule has 0 saturated carbocycles. The summed E-state index contributed by atoms with van der Waals surface area (Å²) in [5.41, 5.74) is 2.86. The van der Waals surface area contributed by atoms with Gasteiger partial charge in [-0.15, -0.1) is 0 Å². The molecule has 1 heterocycles. The zero-order chi connectivity index (χ0) is 12.4. The summed E-state index contributed by atoms with van der Waals surface area (Å²) in [4.78, 5) is 4.09. The Hall–Kier alpha value is -0.580. The van der Waals surface area contributed by atoms with Gasteiger partial charge in [-0.1, -0.05) is 11.6 Å². The number of nitrogens with one attached hydrogen (secondary N) is 1. The molecule has 0 radical (unpaired) electrons. The number of pyridine rings is 1. The second-order valence-corrected chi connectivity index (χ2v) is 5.78. The number of rotatable bonds is 2. The minimum Gasteiger partial charge on any atom is -0.353 e. The van der Waals surface area contributed by atoms with E-state index in [0.717, 1.165) is 30.9 Å². The third-order valence-electron chi connectivity index (χ3n) is 2.23. The lowest BCUT2D eigenvalue weighted by atomic mass is 10.2. The highest BCUT2D eigenvalue weighted by Crippen LogP contribution is 2.31. The second kappa shape index (κ2) is 5.38. The van der Waals surface area contributed by atoms with Gasteiger partial charge < -0.3 is 5.32 Å². The van der Waals surface area contributed by atoms with Gasteiger partial charge in [0.2, 0.25) is 0 Å². The fourth-order valence-corrected chi connectivity index (χ4v) is 2.46. The van der Waals surface area contributed by atoms with Crippen molar-refractivity contribution in [3.8, 4) is 0 Å². The van der Waals surface area contributed by atoms with Crippen LogP contribution in [0.2, 0.25) is 5.02 Å². The summed E-state index contributed by atoms with van der Waals surface area (Å²) >= 11 is 13.0. The Morgan fingerprint density at radius 2 is 1.94 bits per heavy atom. The Balaban J connectivity index is 2.33. The number of anilines is 2. The Morgan fingerprint density at radius 3 is 2.65 bits per heavy atom. The molecule has 0 spiro atoms. The van der Waals surface area contributed by atoms with Crippen LogP contribution < -0.4 is 5.32 Å². The summed E-state index contributed by atoms with van der Waals surface area (Å²) in [7, 11) is 0. The Morgan fingerprint density at radius 1 is 1.18 bits per heavy atom. The SMILES string of the molecule is Cc1cc(Br)c(Nc2cncc(Br)c2)cc1Cl. The molecule has 2 rings (SSSR count). The number of hydrogen-bond acceptors (Lipinski definition) is 2. The van der Waals surface area contributed by atoms with Crippen molar-refractivity contribution in [1.82, 2.24) is 4.98 Å². The average molecular weight is 376 g/mol. The number of benzene rings is 1. The van der Waals surface area contributed by atoms with Crippen molar-refractivity contribution in [2.24, 2.45) is 0 Å². The van der Waals surface area contributed by atoms with Crippen LogP contribution in [-0.2, 0) is 0 Å². The van der Waals surface area contributed by atoms with Crippen LogP contribution in [0.5, 0.6) is 0 Å². The third-order valence-corrected chi connectivity index (χ3v) is 3.73. The van der Waals surface area contributed by atoms with E-state index >= 15 is 0 Å². The predicted octanol–water partition coefficient (Wildman–Crippen LogP) is 5.31. The van der Waals surface area contributed by atoms with Crippen molar-refractivity contribution < 1.29 is 0 Å².